The SMILES string of the molecule is CCOC1CC(NCc2csc(CC)n2)C1. The second-order valence-electron chi connectivity index (χ2n) is 4.21. The number of nitrogens with zero attached hydrogens (tertiary/aromatic N) is 1. The number of hydrogen-bond donors (Lipinski definition) is 1. The Morgan fingerprint density at radius 1 is 1.50 bits per heavy atom. The van der Waals surface area contributed by atoms with Gasteiger partial charge in [0.05, 0.1) is 16.8 Å². The molecule has 4 heteroatoms. The molecule has 0 radical (unpaired) electrons. The molecular weight excluding hydrogens is 220 g/mol. The smallest absolute Gasteiger partial charge is 0.0926 e. The zero-order valence-corrected chi connectivity index (χ0v) is 10.8. The molecule has 1 aliphatic rings. The lowest BCUT2D eigenvalue weighted by atomic mass is 9.89. The van der Waals surface area contributed by atoms with E-state index in [1.54, 1.807) is 11.3 Å². The third-order valence-corrected chi connectivity index (χ3v) is 4.01. The van der Waals surface area contributed by atoms with Gasteiger partial charge in [-0.2, -0.15) is 0 Å². The van der Waals surface area contributed by atoms with Gasteiger partial charge in [0.2, 0.25) is 0 Å². The van der Waals surface area contributed by atoms with Gasteiger partial charge in [0.25, 0.3) is 0 Å². The minimum atomic E-state index is 0.490. The van der Waals surface area contributed by atoms with Gasteiger partial charge in [-0.25, -0.2) is 4.98 Å². The number of nitrogens with one attached hydrogen (secondary N) is 1. The molecule has 0 bridgehead atoms. The summed E-state index contributed by atoms with van der Waals surface area (Å²) in [4.78, 5) is 4.54. The highest BCUT2D eigenvalue weighted by atomic mass is 32.1. The van der Waals surface area contributed by atoms with Crippen molar-refractivity contribution in [3.63, 3.8) is 0 Å². The predicted octanol–water partition coefficient (Wildman–Crippen LogP) is 2.36. The van der Waals surface area contributed by atoms with Gasteiger partial charge in [0.15, 0.2) is 0 Å². The van der Waals surface area contributed by atoms with Gasteiger partial charge < -0.3 is 10.1 Å². The first-order valence-electron chi connectivity index (χ1n) is 6.10. The van der Waals surface area contributed by atoms with Gasteiger partial charge in [0.1, 0.15) is 0 Å². The third-order valence-electron chi connectivity index (χ3n) is 2.97. The average molecular weight is 240 g/mol. The second kappa shape index (κ2) is 5.75. The van der Waals surface area contributed by atoms with Crippen molar-refractivity contribution in [2.75, 3.05) is 6.61 Å². The van der Waals surface area contributed by atoms with E-state index in [2.05, 4.69) is 29.5 Å². The third kappa shape index (κ3) is 3.03. The number of hydrogen-bond acceptors (Lipinski definition) is 4. The molecule has 0 unspecified atom stereocenters. The number of aromatic nitrogens is 1. The van der Waals surface area contributed by atoms with Crippen LogP contribution in [-0.4, -0.2) is 23.7 Å². The van der Waals surface area contributed by atoms with E-state index in [0.717, 1.165) is 32.4 Å². The van der Waals surface area contributed by atoms with Gasteiger partial charge in [-0.1, -0.05) is 6.92 Å². The monoisotopic (exact) mass is 240 g/mol. The lowest BCUT2D eigenvalue weighted by Gasteiger charge is -2.35. The van der Waals surface area contributed by atoms with Crippen molar-refractivity contribution in [2.24, 2.45) is 0 Å². The predicted molar refractivity (Wildman–Crippen MR) is 66.8 cm³/mol. The summed E-state index contributed by atoms with van der Waals surface area (Å²) < 4.78 is 5.53. The van der Waals surface area contributed by atoms with Crippen molar-refractivity contribution < 1.29 is 4.74 Å². The van der Waals surface area contributed by atoms with Crippen LogP contribution in [0, 0.1) is 0 Å². The minimum absolute atomic E-state index is 0.490. The van der Waals surface area contributed by atoms with Crippen molar-refractivity contribution in [3.8, 4) is 0 Å². The highest BCUT2D eigenvalue weighted by Gasteiger charge is 2.28. The Kier molecular flexibility index (Phi) is 4.32. The van der Waals surface area contributed by atoms with E-state index in [0.29, 0.717) is 12.1 Å². The van der Waals surface area contributed by atoms with E-state index in [1.165, 1.54) is 10.7 Å². The molecule has 0 aromatic carbocycles. The molecule has 1 aliphatic carbocycles. The van der Waals surface area contributed by atoms with E-state index >= 15 is 0 Å². The Morgan fingerprint density at radius 2 is 2.31 bits per heavy atom. The zero-order chi connectivity index (χ0) is 11.4. The van der Waals surface area contributed by atoms with Crippen LogP contribution in [0.25, 0.3) is 0 Å². The summed E-state index contributed by atoms with van der Waals surface area (Å²) in [6, 6.07) is 0.628. The molecule has 16 heavy (non-hydrogen) atoms. The Morgan fingerprint density at radius 3 is 2.94 bits per heavy atom. The lowest BCUT2D eigenvalue weighted by molar-refractivity contribution is -0.0103. The first-order chi connectivity index (χ1) is 7.81. The topological polar surface area (TPSA) is 34.1 Å². The molecule has 1 aromatic rings. The zero-order valence-electron chi connectivity index (χ0n) is 10.0. The van der Waals surface area contributed by atoms with Gasteiger partial charge in [-0.3, -0.25) is 0 Å². The Bertz CT molecular complexity index is 321. The van der Waals surface area contributed by atoms with Crippen LogP contribution in [-0.2, 0) is 17.7 Å². The quantitative estimate of drug-likeness (QED) is 0.829. The van der Waals surface area contributed by atoms with Gasteiger partial charge in [0, 0.05) is 24.6 Å². The van der Waals surface area contributed by atoms with Crippen molar-refractivity contribution in [2.45, 2.75) is 51.8 Å². The minimum Gasteiger partial charge on any atom is -0.378 e. The molecule has 0 saturated heterocycles. The summed E-state index contributed by atoms with van der Waals surface area (Å²) >= 11 is 1.76. The van der Waals surface area contributed by atoms with Crippen LogP contribution in [0.15, 0.2) is 5.38 Å². The molecule has 3 nitrogen and oxygen atoms in total. The van der Waals surface area contributed by atoms with E-state index in [-0.39, 0.29) is 0 Å². The van der Waals surface area contributed by atoms with Gasteiger partial charge in [-0.15, -0.1) is 11.3 Å². The molecule has 1 N–H and O–H groups in total. The molecular formula is C12H20N2OS. The summed E-state index contributed by atoms with van der Waals surface area (Å²) in [5.74, 6) is 0. The van der Waals surface area contributed by atoms with Crippen LogP contribution >= 0.6 is 11.3 Å². The summed E-state index contributed by atoms with van der Waals surface area (Å²) in [7, 11) is 0. The molecule has 0 amide bonds. The van der Waals surface area contributed by atoms with Crippen LogP contribution in [0.2, 0.25) is 0 Å². The summed E-state index contributed by atoms with van der Waals surface area (Å²) in [5.41, 5.74) is 1.18. The summed E-state index contributed by atoms with van der Waals surface area (Å²) in [5, 5.41) is 6.92. The molecule has 1 heterocycles. The lowest BCUT2D eigenvalue weighted by Crippen LogP contribution is -2.45. The fourth-order valence-electron chi connectivity index (χ4n) is 1.95. The van der Waals surface area contributed by atoms with Crippen molar-refractivity contribution in [1.82, 2.24) is 10.3 Å². The molecule has 0 atom stereocenters. The van der Waals surface area contributed by atoms with Crippen LogP contribution < -0.4 is 5.32 Å². The molecule has 2 rings (SSSR count). The summed E-state index contributed by atoms with van der Waals surface area (Å²) in [6.07, 6.45) is 3.83. The highest BCUT2D eigenvalue weighted by Crippen LogP contribution is 2.23. The van der Waals surface area contributed by atoms with Crippen molar-refractivity contribution in [1.29, 1.82) is 0 Å². The second-order valence-corrected chi connectivity index (χ2v) is 5.16. The number of rotatable bonds is 6. The first kappa shape index (κ1) is 12.0. The number of thiazole rings is 1. The molecule has 1 aromatic heterocycles. The number of ether oxygens (including phenoxy) is 1. The maximum atomic E-state index is 5.53. The van der Waals surface area contributed by atoms with Crippen LogP contribution in [0.4, 0.5) is 0 Å². The maximum absolute atomic E-state index is 5.53. The largest absolute Gasteiger partial charge is 0.378 e. The molecule has 1 fully saturated rings. The van der Waals surface area contributed by atoms with Crippen LogP contribution in [0.3, 0.4) is 0 Å². The van der Waals surface area contributed by atoms with E-state index in [1.807, 2.05) is 0 Å². The molecule has 1 saturated carbocycles. The standard InChI is InChI=1S/C12H20N2OS/c1-3-12-14-10(8-16-12)7-13-9-5-11(6-9)15-4-2/h8-9,11,13H,3-7H2,1-2H3. The average Bonchev–Trinajstić information content (AvgIpc) is 2.69. The highest BCUT2D eigenvalue weighted by molar-refractivity contribution is 7.09. The Hall–Kier alpha value is -0.450. The summed E-state index contributed by atoms with van der Waals surface area (Å²) in [6.45, 7) is 5.94. The maximum Gasteiger partial charge on any atom is 0.0926 e. The normalized spacial score (nSPS) is 24.4. The van der Waals surface area contributed by atoms with Crippen LogP contribution in [0.1, 0.15) is 37.4 Å². The first-order valence-corrected chi connectivity index (χ1v) is 6.98. The number of aryl methyl sites for hydroxylation is 1. The molecule has 0 spiro atoms. The fourth-order valence-corrected chi connectivity index (χ4v) is 2.69. The van der Waals surface area contributed by atoms with E-state index < -0.39 is 0 Å². The fraction of sp³-hybridized carbons (Fsp3) is 0.750. The van der Waals surface area contributed by atoms with Crippen molar-refractivity contribution >= 4 is 11.3 Å². The van der Waals surface area contributed by atoms with E-state index in [9.17, 15) is 0 Å². The van der Waals surface area contributed by atoms with Gasteiger partial charge in [-0.05, 0) is 26.2 Å². The Balaban J connectivity index is 1.65. The molecule has 0 aliphatic heterocycles. The van der Waals surface area contributed by atoms with Gasteiger partial charge >= 0.3 is 0 Å². The van der Waals surface area contributed by atoms with Crippen LogP contribution in [0.5, 0.6) is 0 Å². The van der Waals surface area contributed by atoms with Crippen molar-refractivity contribution in [3.05, 3.63) is 16.1 Å². The Labute approximate surface area is 101 Å². The van der Waals surface area contributed by atoms with E-state index in [4.69, 9.17) is 4.74 Å². The molecule has 90 valence electrons.